The van der Waals surface area contributed by atoms with Gasteiger partial charge in [-0.3, -0.25) is 9.59 Å². The van der Waals surface area contributed by atoms with E-state index in [1.165, 1.54) is 0 Å². The van der Waals surface area contributed by atoms with Gasteiger partial charge in [-0.25, -0.2) is 0 Å². The Hall–Kier alpha value is -2.55. The fourth-order valence-corrected chi connectivity index (χ4v) is 3.59. The van der Waals surface area contributed by atoms with Crippen molar-refractivity contribution in [3.8, 4) is 6.07 Å². The highest BCUT2D eigenvalue weighted by Gasteiger charge is 2.33. The molecule has 0 radical (unpaired) electrons. The van der Waals surface area contributed by atoms with Crippen molar-refractivity contribution >= 4 is 23.2 Å². The summed E-state index contributed by atoms with van der Waals surface area (Å²) in [5.41, 5.74) is 1.01. The van der Waals surface area contributed by atoms with E-state index in [1.54, 1.807) is 4.90 Å². The van der Waals surface area contributed by atoms with Gasteiger partial charge in [-0.15, -0.1) is 0 Å². The molecule has 2 amide bonds. The molecule has 1 saturated carbocycles. The van der Waals surface area contributed by atoms with E-state index in [0.717, 1.165) is 56.4 Å². The van der Waals surface area contributed by atoms with Crippen LogP contribution < -0.4 is 15.5 Å². The summed E-state index contributed by atoms with van der Waals surface area (Å²) in [7, 11) is 0. The van der Waals surface area contributed by atoms with Crippen molar-refractivity contribution in [3.05, 3.63) is 24.3 Å². The molecule has 0 aromatic heterocycles. The molecule has 1 aromatic rings. The number of benzene rings is 1. The van der Waals surface area contributed by atoms with Gasteiger partial charge in [-0.1, -0.05) is 19.3 Å². The maximum absolute atomic E-state index is 12.2. The Labute approximate surface area is 148 Å². The summed E-state index contributed by atoms with van der Waals surface area (Å²) >= 11 is 0. The molecule has 0 atom stereocenters. The zero-order chi connectivity index (χ0) is 17.7. The molecular weight excluding hydrogens is 316 g/mol. The van der Waals surface area contributed by atoms with Crippen LogP contribution in [-0.4, -0.2) is 30.4 Å². The Balaban J connectivity index is 1.52. The number of nitrogens with zero attached hydrogens (tertiary/aromatic N) is 2. The molecule has 25 heavy (non-hydrogen) atoms. The van der Waals surface area contributed by atoms with E-state index in [1.807, 2.05) is 24.3 Å². The minimum absolute atomic E-state index is 0.130. The van der Waals surface area contributed by atoms with Gasteiger partial charge in [0, 0.05) is 24.3 Å². The molecule has 1 aliphatic carbocycles. The molecule has 132 valence electrons. The average Bonchev–Trinajstić information content (AvgIpc) is 3.07. The van der Waals surface area contributed by atoms with Crippen molar-refractivity contribution in [2.24, 2.45) is 0 Å². The molecule has 3 rings (SSSR count). The molecule has 0 unspecified atom stereocenters. The van der Waals surface area contributed by atoms with Crippen LogP contribution in [0.5, 0.6) is 0 Å². The lowest BCUT2D eigenvalue weighted by atomic mass is 9.83. The first kappa shape index (κ1) is 17.3. The Morgan fingerprint density at radius 3 is 2.48 bits per heavy atom. The van der Waals surface area contributed by atoms with Crippen molar-refractivity contribution < 1.29 is 9.59 Å². The Bertz CT molecular complexity index is 672. The second kappa shape index (κ2) is 7.56. The maximum Gasteiger partial charge on any atom is 0.240 e. The summed E-state index contributed by atoms with van der Waals surface area (Å²) in [6.45, 7) is 0.898. The molecule has 6 heteroatoms. The van der Waals surface area contributed by atoms with Crippen LogP contribution in [-0.2, 0) is 9.59 Å². The Morgan fingerprint density at radius 2 is 1.88 bits per heavy atom. The molecule has 0 bridgehead atoms. The Kier molecular flexibility index (Phi) is 5.22. The van der Waals surface area contributed by atoms with E-state index in [2.05, 4.69) is 16.7 Å². The van der Waals surface area contributed by atoms with Gasteiger partial charge >= 0.3 is 0 Å². The normalized spacial score (nSPS) is 19.3. The molecule has 2 aliphatic rings. The van der Waals surface area contributed by atoms with Gasteiger partial charge in [0.05, 0.1) is 12.6 Å². The number of nitrogens with one attached hydrogen (secondary N) is 2. The third-order valence-corrected chi connectivity index (χ3v) is 5.01. The molecule has 1 saturated heterocycles. The van der Waals surface area contributed by atoms with Crippen LogP contribution in [0.25, 0.3) is 0 Å². The number of nitriles is 1. The van der Waals surface area contributed by atoms with Crippen molar-refractivity contribution in [1.29, 1.82) is 5.26 Å². The number of anilines is 2. The van der Waals surface area contributed by atoms with Crippen LogP contribution in [0.3, 0.4) is 0 Å². The fraction of sp³-hybridized carbons (Fsp3) is 0.526. The maximum atomic E-state index is 12.2. The molecule has 1 aliphatic heterocycles. The van der Waals surface area contributed by atoms with Gasteiger partial charge in [-0.05, 0) is 43.5 Å². The lowest BCUT2D eigenvalue weighted by molar-refractivity contribution is -0.121. The number of hydrogen-bond acceptors (Lipinski definition) is 4. The van der Waals surface area contributed by atoms with Gasteiger partial charge in [0.15, 0.2) is 0 Å². The second-order valence-electron chi connectivity index (χ2n) is 6.85. The van der Waals surface area contributed by atoms with Gasteiger partial charge in [0.1, 0.15) is 5.54 Å². The SMILES string of the molecule is N#CC1(NC(=O)CNc2ccc(N3CCCC3=O)cc2)CCCCC1. The van der Waals surface area contributed by atoms with Gasteiger partial charge in [0.25, 0.3) is 0 Å². The predicted octanol–water partition coefficient (Wildman–Crippen LogP) is 2.57. The number of carbonyl (C=O) groups excluding carboxylic acids is 2. The first-order valence-electron chi connectivity index (χ1n) is 8.98. The summed E-state index contributed by atoms with van der Waals surface area (Å²) in [4.78, 5) is 25.7. The standard InChI is InChI=1S/C19H24N4O2/c20-14-19(10-2-1-3-11-19)22-17(24)13-21-15-6-8-16(9-7-15)23-12-4-5-18(23)25/h6-9,21H,1-5,10-13H2,(H,22,24). The highest BCUT2D eigenvalue weighted by molar-refractivity contribution is 5.95. The lowest BCUT2D eigenvalue weighted by Crippen LogP contribution is -2.50. The summed E-state index contributed by atoms with van der Waals surface area (Å²) in [5.74, 6) is -0.00313. The van der Waals surface area contributed by atoms with Crippen LogP contribution in [0.15, 0.2) is 24.3 Å². The van der Waals surface area contributed by atoms with E-state index in [0.29, 0.717) is 6.42 Å². The van der Waals surface area contributed by atoms with Crippen molar-refractivity contribution in [3.63, 3.8) is 0 Å². The van der Waals surface area contributed by atoms with Gasteiger partial charge in [-0.2, -0.15) is 5.26 Å². The molecule has 6 nitrogen and oxygen atoms in total. The third kappa shape index (κ3) is 4.11. The average molecular weight is 340 g/mol. The highest BCUT2D eigenvalue weighted by atomic mass is 16.2. The minimum Gasteiger partial charge on any atom is -0.376 e. The van der Waals surface area contributed by atoms with E-state index < -0.39 is 5.54 Å². The first-order valence-corrected chi connectivity index (χ1v) is 8.98. The summed E-state index contributed by atoms with van der Waals surface area (Å²) in [5, 5.41) is 15.4. The van der Waals surface area contributed by atoms with E-state index in [4.69, 9.17) is 0 Å². The molecular formula is C19H24N4O2. The fourth-order valence-electron chi connectivity index (χ4n) is 3.59. The molecule has 1 heterocycles. The first-order chi connectivity index (χ1) is 12.1. The number of carbonyl (C=O) groups is 2. The van der Waals surface area contributed by atoms with Crippen LogP contribution in [0, 0.1) is 11.3 Å². The highest BCUT2D eigenvalue weighted by Crippen LogP contribution is 2.27. The van der Waals surface area contributed by atoms with E-state index in [9.17, 15) is 14.9 Å². The predicted molar refractivity (Wildman–Crippen MR) is 96.1 cm³/mol. The van der Waals surface area contributed by atoms with Crippen molar-refractivity contribution in [2.45, 2.75) is 50.5 Å². The van der Waals surface area contributed by atoms with Crippen LogP contribution in [0.4, 0.5) is 11.4 Å². The molecule has 2 fully saturated rings. The molecule has 1 aromatic carbocycles. The monoisotopic (exact) mass is 340 g/mol. The summed E-state index contributed by atoms with van der Waals surface area (Å²) < 4.78 is 0. The molecule has 2 N–H and O–H groups in total. The van der Waals surface area contributed by atoms with Gasteiger partial charge < -0.3 is 15.5 Å². The number of amides is 2. The van der Waals surface area contributed by atoms with Crippen LogP contribution >= 0.6 is 0 Å². The minimum atomic E-state index is -0.697. The van der Waals surface area contributed by atoms with Crippen molar-refractivity contribution in [1.82, 2.24) is 5.32 Å². The number of hydrogen-bond donors (Lipinski definition) is 2. The molecule has 0 spiro atoms. The lowest BCUT2D eigenvalue weighted by Gasteiger charge is -2.31. The topological polar surface area (TPSA) is 85.2 Å². The van der Waals surface area contributed by atoms with E-state index >= 15 is 0 Å². The summed E-state index contributed by atoms with van der Waals surface area (Å²) in [6, 6.07) is 9.81. The van der Waals surface area contributed by atoms with Crippen LogP contribution in [0.2, 0.25) is 0 Å². The second-order valence-corrected chi connectivity index (χ2v) is 6.85. The van der Waals surface area contributed by atoms with Crippen LogP contribution in [0.1, 0.15) is 44.9 Å². The Morgan fingerprint density at radius 1 is 1.16 bits per heavy atom. The smallest absolute Gasteiger partial charge is 0.240 e. The third-order valence-electron chi connectivity index (χ3n) is 5.01. The number of rotatable bonds is 5. The largest absolute Gasteiger partial charge is 0.376 e. The van der Waals surface area contributed by atoms with Crippen molar-refractivity contribution in [2.75, 3.05) is 23.3 Å². The quantitative estimate of drug-likeness (QED) is 0.863. The van der Waals surface area contributed by atoms with E-state index in [-0.39, 0.29) is 18.4 Å². The van der Waals surface area contributed by atoms with Gasteiger partial charge in [0.2, 0.25) is 11.8 Å². The zero-order valence-electron chi connectivity index (χ0n) is 14.4. The zero-order valence-corrected chi connectivity index (χ0v) is 14.4. The summed E-state index contributed by atoms with van der Waals surface area (Å²) in [6.07, 6.45) is 6.07.